The first-order valence-corrected chi connectivity index (χ1v) is 5.91. The summed E-state index contributed by atoms with van der Waals surface area (Å²) in [6.07, 6.45) is 5.27. The fourth-order valence-electron chi connectivity index (χ4n) is 1.82. The van der Waals surface area contributed by atoms with Gasteiger partial charge in [-0.05, 0) is 17.5 Å². The third kappa shape index (κ3) is 3.20. The largest absolute Gasteiger partial charge is 0.481 e. The van der Waals surface area contributed by atoms with Crippen molar-refractivity contribution < 1.29 is 9.90 Å². The maximum atomic E-state index is 10.5. The van der Waals surface area contributed by atoms with Gasteiger partial charge in [-0.25, -0.2) is 4.98 Å². The van der Waals surface area contributed by atoms with E-state index in [2.05, 4.69) is 4.98 Å². The topological polar surface area (TPSA) is 55.1 Å². The average molecular weight is 244 g/mol. The molecule has 0 amide bonds. The van der Waals surface area contributed by atoms with Gasteiger partial charge in [0.15, 0.2) is 0 Å². The van der Waals surface area contributed by atoms with Gasteiger partial charge in [0.25, 0.3) is 0 Å². The standard InChI is InChI=1S/C14H16N2O2/c1-16-9-8-15-13(16)10-12-4-2-11(3-5-12)6-7-14(17)18/h2-5,8-9H,6-7,10H2,1H3,(H,17,18). The Kier molecular flexibility index (Phi) is 3.77. The van der Waals surface area contributed by atoms with E-state index >= 15 is 0 Å². The van der Waals surface area contributed by atoms with Crippen molar-refractivity contribution in [2.24, 2.45) is 7.05 Å². The van der Waals surface area contributed by atoms with E-state index in [0.29, 0.717) is 6.42 Å². The van der Waals surface area contributed by atoms with E-state index in [-0.39, 0.29) is 6.42 Å². The molecule has 0 fully saturated rings. The van der Waals surface area contributed by atoms with Gasteiger partial charge in [0.1, 0.15) is 5.82 Å². The van der Waals surface area contributed by atoms with Gasteiger partial charge >= 0.3 is 5.97 Å². The minimum absolute atomic E-state index is 0.179. The fourth-order valence-corrected chi connectivity index (χ4v) is 1.82. The van der Waals surface area contributed by atoms with Crippen molar-refractivity contribution in [1.29, 1.82) is 0 Å². The average Bonchev–Trinajstić information content (AvgIpc) is 2.74. The minimum atomic E-state index is -0.757. The first-order chi connectivity index (χ1) is 8.65. The molecule has 94 valence electrons. The number of carbonyl (C=O) groups is 1. The molecule has 0 aliphatic rings. The molecule has 1 aromatic heterocycles. The first kappa shape index (κ1) is 12.4. The maximum absolute atomic E-state index is 10.5. The van der Waals surface area contributed by atoms with Crippen LogP contribution >= 0.6 is 0 Å². The van der Waals surface area contributed by atoms with Crippen molar-refractivity contribution in [3.8, 4) is 0 Å². The summed E-state index contributed by atoms with van der Waals surface area (Å²) >= 11 is 0. The first-order valence-electron chi connectivity index (χ1n) is 5.91. The van der Waals surface area contributed by atoms with Crippen LogP contribution in [0.5, 0.6) is 0 Å². The molecule has 0 saturated heterocycles. The zero-order valence-electron chi connectivity index (χ0n) is 10.3. The third-order valence-corrected chi connectivity index (χ3v) is 2.93. The highest BCUT2D eigenvalue weighted by atomic mass is 16.4. The highest BCUT2D eigenvalue weighted by Crippen LogP contribution is 2.10. The van der Waals surface area contributed by atoms with E-state index in [4.69, 9.17) is 5.11 Å². The number of aromatic nitrogens is 2. The molecular formula is C14H16N2O2. The van der Waals surface area contributed by atoms with E-state index < -0.39 is 5.97 Å². The molecule has 0 atom stereocenters. The molecule has 0 aliphatic carbocycles. The van der Waals surface area contributed by atoms with Crippen molar-refractivity contribution in [1.82, 2.24) is 9.55 Å². The predicted octanol–water partition coefficient (Wildman–Crippen LogP) is 2.03. The van der Waals surface area contributed by atoms with Crippen LogP contribution in [0.15, 0.2) is 36.7 Å². The molecule has 0 unspecified atom stereocenters. The highest BCUT2D eigenvalue weighted by Gasteiger charge is 2.02. The molecule has 4 heteroatoms. The molecule has 2 aromatic rings. The van der Waals surface area contributed by atoms with Gasteiger partial charge < -0.3 is 9.67 Å². The van der Waals surface area contributed by atoms with E-state index in [1.807, 2.05) is 42.1 Å². The number of hydrogen-bond acceptors (Lipinski definition) is 2. The summed E-state index contributed by atoms with van der Waals surface area (Å²) in [7, 11) is 1.98. The SMILES string of the molecule is Cn1ccnc1Cc1ccc(CCC(=O)O)cc1. The zero-order chi connectivity index (χ0) is 13.0. The lowest BCUT2D eigenvalue weighted by molar-refractivity contribution is -0.136. The van der Waals surface area contributed by atoms with Gasteiger partial charge in [-0.2, -0.15) is 0 Å². The Labute approximate surface area is 106 Å². The Hall–Kier alpha value is -2.10. The molecular weight excluding hydrogens is 228 g/mol. The van der Waals surface area contributed by atoms with Crippen molar-refractivity contribution in [3.05, 3.63) is 53.6 Å². The molecule has 4 nitrogen and oxygen atoms in total. The van der Waals surface area contributed by atoms with Crippen LogP contribution in [-0.4, -0.2) is 20.6 Å². The van der Waals surface area contributed by atoms with E-state index in [9.17, 15) is 4.79 Å². The molecule has 18 heavy (non-hydrogen) atoms. The zero-order valence-corrected chi connectivity index (χ0v) is 10.3. The number of hydrogen-bond donors (Lipinski definition) is 1. The summed E-state index contributed by atoms with van der Waals surface area (Å²) in [5.41, 5.74) is 2.24. The summed E-state index contributed by atoms with van der Waals surface area (Å²) < 4.78 is 2.00. The second-order valence-corrected chi connectivity index (χ2v) is 4.34. The molecule has 0 radical (unpaired) electrons. The molecule has 2 rings (SSSR count). The van der Waals surface area contributed by atoms with Crippen LogP contribution < -0.4 is 0 Å². The number of benzene rings is 1. The van der Waals surface area contributed by atoms with E-state index in [1.54, 1.807) is 6.20 Å². The second kappa shape index (κ2) is 5.49. The lowest BCUT2D eigenvalue weighted by atomic mass is 10.1. The number of aryl methyl sites for hydroxylation is 2. The van der Waals surface area contributed by atoms with Gasteiger partial charge in [-0.1, -0.05) is 24.3 Å². The lowest BCUT2D eigenvalue weighted by Gasteiger charge is -2.04. The van der Waals surface area contributed by atoms with Crippen molar-refractivity contribution in [2.45, 2.75) is 19.3 Å². The summed E-state index contributed by atoms with van der Waals surface area (Å²) in [4.78, 5) is 14.8. The number of carboxylic acid groups (broad SMARTS) is 1. The molecule has 1 heterocycles. The van der Waals surface area contributed by atoms with Crippen molar-refractivity contribution in [3.63, 3.8) is 0 Å². The van der Waals surface area contributed by atoms with Gasteiger partial charge in [-0.15, -0.1) is 0 Å². The molecule has 1 N–H and O–H groups in total. The number of rotatable bonds is 5. The Bertz CT molecular complexity index is 529. The van der Waals surface area contributed by atoms with Gasteiger partial charge in [0.05, 0.1) is 0 Å². The maximum Gasteiger partial charge on any atom is 0.303 e. The number of nitrogens with zero attached hydrogens (tertiary/aromatic N) is 2. The monoisotopic (exact) mass is 244 g/mol. The summed E-state index contributed by atoms with van der Waals surface area (Å²) in [6.45, 7) is 0. The van der Waals surface area contributed by atoms with Crippen LogP contribution in [0.4, 0.5) is 0 Å². The van der Waals surface area contributed by atoms with Crippen molar-refractivity contribution >= 4 is 5.97 Å². The molecule has 0 aliphatic heterocycles. The van der Waals surface area contributed by atoms with E-state index in [0.717, 1.165) is 17.8 Å². The molecule has 0 bridgehead atoms. The Morgan fingerprint density at radius 3 is 2.50 bits per heavy atom. The highest BCUT2D eigenvalue weighted by molar-refractivity contribution is 5.67. The smallest absolute Gasteiger partial charge is 0.303 e. The quantitative estimate of drug-likeness (QED) is 0.875. The Morgan fingerprint density at radius 1 is 1.28 bits per heavy atom. The number of aliphatic carboxylic acids is 1. The lowest BCUT2D eigenvalue weighted by Crippen LogP contribution is -1.99. The number of imidazole rings is 1. The fraction of sp³-hybridized carbons (Fsp3) is 0.286. The van der Waals surface area contributed by atoms with Crippen molar-refractivity contribution in [2.75, 3.05) is 0 Å². The predicted molar refractivity (Wildman–Crippen MR) is 68.4 cm³/mol. The summed E-state index contributed by atoms with van der Waals surface area (Å²) in [5, 5.41) is 8.62. The van der Waals surface area contributed by atoms with Gasteiger partial charge in [-0.3, -0.25) is 4.79 Å². The van der Waals surface area contributed by atoms with Gasteiger partial charge in [0, 0.05) is 32.3 Å². The Morgan fingerprint density at radius 2 is 1.94 bits per heavy atom. The summed E-state index contributed by atoms with van der Waals surface area (Å²) in [5.74, 6) is 0.264. The molecule has 0 saturated carbocycles. The van der Waals surface area contributed by atoms with Crippen LogP contribution in [0, 0.1) is 0 Å². The van der Waals surface area contributed by atoms with Crippen LogP contribution in [0.25, 0.3) is 0 Å². The molecule has 0 spiro atoms. The number of carboxylic acids is 1. The third-order valence-electron chi connectivity index (χ3n) is 2.93. The van der Waals surface area contributed by atoms with Crippen LogP contribution in [0.1, 0.15) is 23.4 Å². The second-order valence-electron chi connectivity index (χ2n) is 4.34. The van der Waals surface area contributed by atoms with Crippen LogP contribution in [0.2, 0.25) is 0 Å². The van der Waals surface area contributed by atoms with Crippen LogP contribution in [-0.2, 0) is 24.7 Å². The Balaban J connectivity index is 1.99. The van der Waals surface area contributed by atoms with E-state index in [1.165, 1.54) is 5.56 Å². The normalized spacial score (nSPS) is 10.5. The summed E-state index contributed by atoms with van der Waals surface area (Å²) in [6, 6.07) is 8.04. The van der Waals surface area contributed by atoms with Crippen LogP contribution in [0.3, 0.4) is 0 Å². The minimum Gasteiger partial charge on any atom is -0.481 e. The van der Waals surface area contributed by atoms with Gasteiger partial charge in [0.2, 0.25) is 0 Å². The molecule has 1 aromatic carbocycles.